The number of aromatic hydroxyl groups is 2. The van der Waals surface area contributed by atoms with E-state index >= 15 is 0 Å². The number of phenols is 2. The Bertz CT molecular complexity index is 2710. The van der Waals surface area contributed by atoms with Gasteiger partial charge in [-0.15, -0.1) is 0 Å². The minimum Gasteiger partial charge on any atom is -0.506 e. The SMILES string of the molecule is COc1c(CBr)cc(C)cc1COc1c2cc(C(C)(C)C)cc1Sc1cc(C(C)(C)C)cc(c1O)Sc1cc(C(C)(C)C)cc(c1OCc1cc(C)cc(CBr)c1OC)Sc1cc(C(C)(C)C)cc(c1O)S2. The molecule has 0 saturated carbocycles. The lowest BCUT2D eigenvalue weighted by atomic mass is 9.87. The first-order valence-corrected chi connectivity index (χ1v) is 29.7. The quantitative estimate of drug-likeness (QED) is 0.129. The summed E-state index contributed by atoms with van der Waals surface area (Å²) in [7, 11) is 3.40. The number of aryl methyl sites for hydroxylation is 2. The highest BCUT2D eigenvalue weighted by molar-refractivity contribution is 9.08. The molecule has 0 atom stereocenters. The molecule has 0 amide bonds. The van der Waals surface area contributed by atoms with Crippen molar-refractivity contribution < 1.29 is 29.2 Å². The van der Waals surface area contributed by atoms with Gasteiger partial charge in [-0.2, -0.15) is 0 Å². The number of alkyl halides is 2. The Morgan fingerprint density at radius 3 is 0.833 bits per heavy atom. The fourth-order valence-corrected chi connectivity index (χ4v) is 13.9. The average molecular weight is 1180 g/mol. The number of benzene rings is 6. The van der Waals surface area contributed by atoms with Gasteiger partial charge in [0.1, 0.15) is 47.7 Å². The van der Waals surface area contributed by atoms with E-state index in [1.54, 1.807) is 14.2 Å². The second-order valence-corrected chi connectivity index (χ2v) is 28.2. The number of rotatable bonds is 10. The number of hydrogen-bond acceptors (Lipinski definition) is 10. The van der Waals surface area contributed by atoms with Crippen LogP contribution in [0.4, 0.5) is 0 Å². The molecule has 8 bridgehead atoms. The third-order valence-electron chi connectivity index (χ3n) is 12.7. The molecule has 6 nitrogen and oxygen atoms in total. The van der Waals surface area contributed by atoms with Crippen LogP contribution in [-0.2, 0) is 45.5 Å². The van der Waals surface area contributed by atoms with Gasteiger partial charge in [0.25, 0.3) is 0 Å². The van der Waals surface area contributed by atoms with E-state index < -0.39 is 0 Å². The maximum Gasteiger partial charge on any atom is 0.147 e. The maximum absolute atomic E-state index is 12.8. The fraction of sp³-hybridized carbons (Fsp3) is 0.400. The minimum absolute atomic E-state index is 0.176. The summed E-state index contributed by atoms with van der Waals surface area (Å²) in [5.41, 5.74) is 9.42. The normalized spacial score (nSPS) is 13.2. The summed E-state index contributed by atoms with van der Waals surface area (Å²) in [6.07, 6.45) is 0. The van der Waals surface area contributed by atoms with Gasteiger partial charge < -0.3 is 29.2 Å². The van der Waals surface area contributed by atoms with Gasteiger partial charge in [0.2, 0.25) is 0 Å². The van der Waals surface area contributed by atoms with Crippen LogP contribution in [0.1, 0.15) is 139 Å². The third-order valence-corrected chi connectivity index (χ3v) is 18.1. The van der Waals surface area contributed by atoms with Gasteiger partial charge in [-0.05, 0) is 118 Å². The van der Waals surface area contributed by atoms with Crippen molar-refractivity contribution in [1.29, 1.82) is 0 Å². The van der Waals surface area contributed by atoms with E-state index in [-0.39, 0.29) is 46.4 Å². The highest BCUT2D eigenvalue weighted by Crippen LogP contribution is 2.56. The van der Waals surface area contributed by atoms with Gasteiger partial charge in [-0.3, -0.25) is 0 Å². The van der Waals surface area contributed by atoms with Crippen LogP contribution < -0.4 is 18.9 Å². The minimum atomic E-state index is -0.269. The number of fused-ring (bicyclic) bond motifs is 8. The van der Waals surface area contributed by atoms with Gasteiger partial charge in [-0.25, -0.2) is 0 Å². The van der Waals surface area contributed by atoms with E-state index in [0.717, 1.165) is 86.7 Å². The van der Waals surface area contributed by atoms with Crippen molar-refractivity contribution in [3.63, 3.8) is 0 Å². The zero-order valence-electron chi connectivity index (χ0n) is 44.7. The molecule has 0 unspecified atom stereocenters. The third kappa shape index (κ3) is 12.6. The van der Waals surface area contributed by atoms with Gasteiger partial charge in [-0.1, -0.05) is 185 Å². The molecule has 1 aliphatic rings. The van der Waals surface area contributed by atoms with Gasteiger partial charge in [0.05, 0.1) is 53.4 Å². The fourth-order valence-electron chi connectivity index (χ4n) is 8.52. The van der Waals surface area contributed by atoms with Crippen molar-refractivity contribution >= 4 is 78.9 Å². The van der Waals surface area contributed by atoms with Gasteiger partial charge in [0, 0.05) is 32.9 Å². The molecular formula is C60H70Br2O6S4. The van der Waals surface area contributed by atoms with Gasteiger partial charge in [0.15, 0.2) is 0 Å². The van der Waals surface area contributed by atoms with Crippen LogP contribution in [0.5, 0.6) is 34.5 Å². The zero-order valence-corrected chi connectivity index (χ0v) is 51.1. The summed E-state index contributed by atoms with van der Waals surface area (Å²) in [5, 5.41) is 26.9. The summed E-state index contributed by atoms with van der Waals surface area (Å²) in [6.45, 7) is 31.2. The van der Waals surface area contributed by atoms with Crippen molar-refractivity contribution in [2.24, 2.45) is 0 Å². The Kier molecular flexibility index (Phi) is 17.2. The van der Waals surface area contributed by atoms with E-state index in [4.69, 9.17) is 18.9 Å². The van der Waals surface area contributed by atoms with Crippen molar-refractivity contribution in [2.75, 3.05) is 14.2 Å². The van der Waals surface area contributed by atoms with Crippen LogP contribution in [0.3, 0.4) is 0 Å². The maximum atomic E-state index is 12.8. The van der Waals surface area contributed by atoms with E-state index in [1.165, 1.54) is 47.0 Å². The standard InChI is InChI=1S/C60H70Br2O6S4/c1-33-17-35(29-61)53(65-15)37(19-33)31-67-55-47-25-41(59(9,10)11)26-48(55)70-44-22-40(58(6,7)8)24-46(52(44)64)72-50-28-42(60(12,13)14)27-49(71-45-23-39(57(3,4)5)21-43(69-47)51(45)63)56(50)68-32-38-20-34(2)18-36(30-62)54(38)66-16/h17-28,63-64H,29-32H2,1-16H3. The molecule has 1 heterocycles. The van der Waals surface area contributed by atoms with Crippen LogP contribution in [0.25, 0.3) is 0 Å². The molecule has 0 radical (unpaired) electrons. The number of phenolic OH excluding ortho intramolecular Hbond substituents is 2. The van der Waals surface area contributed by atoms with Crippen LogP contribution in [0.15, 0.2) is 112 Å². The number of halogens is 2. The molecule has 2 N–H and O–H groups in total. The Labute approximate surface area is 463 Å². The molecule has 12 heteroatoms. The summed E-state index contributed by atoms with van der Waals surface area (Å²) < 4.78 is 26.3. The number of hydrogen-bond donors (Lipinski definition) is 2. The summed E-state index contributed by atoms with van der Waals surface area (Å²) in [4.78, 5) is 6.20. The predicted octanol–water partition coefficient (Wildman–Crippen LogP) is 18.8. The van der Waals surface area contributed by atoms with Crippen LogP contribution in [0.2, 0.25) is 0 Å². The van der Waals surface area contributed by atoms with E-state index in [9.17, 15) is 10.2 Å². The van der Waals surface area contributed by atoms with Crippen molar-refractivity contribution in [2.45, 2.75) is 182 Å². The Morgan fingerprint density at radius 2 is 0.611 bits per heavy atom. The Balaban J connectivity index is 1.56. The van der Waals surface area contributed by atoms with E-state index in [2.05, 4.69) is 202 Å². The van der Waals surface area contributed by atoms with Crippen LogP contribution >= 0.6 is 78.9 Å². The monoisotopic (exact) mass is 1170 g/mol. The van der Waals surface area contributed by atoms with E-state index in [1.807, 2.05) is 0 Å². The molecule has 72 heavy (non-hydrogen) atoms. The molecule has 0 aromatic heterocycles. The smallest absolute Gasteiger partial charge is 0.147 e. The lowest BCUT2D eigenvalue weighted by molar-refractivity contribution is 0.282. The molecule has 1 aliphatic heterocycles. The summed E-state index contributed by atoms with van der Waals surface area (Å²) in [5.74, 6) is 3.22. The Hall–Kier alpha value is -3.52. The summed E-state index contributed by atoms with van der Waals surface area (Å²) >= 11 is 13.4. The lowest BCUT2D eigenvalue weighted by Crippen LogP contribution is -2.13. The van der Waals surface area contributed by atoms with E-state index in [0.29, 0.717) is 41.7 Å². The molecule has 6 aromatic rings. The molecular weight excluding hydrogens is 1100 g/mol. The van der Waals surface area contributed by atoms with Crippen LogP contribution in [-0.4, -0.2) is 24.4 Å². The number of ether oxygens (including phenoxy) is 4. The molecule has 384 valence electrons. The molecule has 0 saturated heterocycles. The van der Waals surface area contributed by atoms with Crippen molar-refractivity contribution in [1.82, 2.24) is 0 Å². The predicted molar refractivity (Wildman–Crippen MR) is 310 cm³/mol. The van der Waals surface area contributed by atoms with Crippen LogP contribution in [0, 0.1) is 13.8 Å². The molecule has 6 aromatic carbocycles. The average Bonchev–Trinajstić information content (AvgIpc) is 3.28. The first-order valence-electron chi connectivity index (χ1n) is 24.2. The largest absolute Gasteiger partial charge is 0.506 e. The van der Waals surface area contributed by atoms with Gasteiger partial charge >= 0.3 is 0 Å². The highest BCUT2D eigenvalue weighted by Gasteiger charge is 2.30. The Morgan fingerprint density at radius 1 is 0.375 bits per heavy atom. The van der Waals surface area contributed by atoms with Crippen molar-refractivity contribution in [3.8, 4) is 34.5 Å². The second-order valence-electron chi connectivity index (χ2n) is 22.7. The molecule has 0 fully saturated rings. The lowest BCUT2D eigenvalue weighted by Gasteiger charge is -2.27. The first-order chi connectivity index (χ1) is 33.6. The van der Waals surface area contributed by atoms with Crippen molar-refractivity contribution in [3.05, 3.63) is 128 Å². The second kappa shape index (κ2) is 22.0. The zero-order chi connectivity index (χ0) is 52.8. The first kappa shape index (κ1) is 56.2. The molecule has 7 rings (SSSR count). The summed E-state index contributed by atoms with van der Waals surface area (Å²) in [6, 6.07) is 25.8. The topological polar surface area (TPSA) is 77.4 Å². The molecule has 0 aliphatic carbocycles. The number of methoxy groups -OCH3 is 2. The molecule has 0 spiro atoms. The highest BCUT2D eigenvalue weighted by atomic mass is 79.9.